The Balaban J connectivity index is 2.68. The zero-order chi connectivity index (χ0) is 13.9. The summed E-state index contributed by atoms with van der Waals surface area (Å²) < 4.78 is 4.83. The fraction of sp³-hybridized carbons (Fsp3) is 0.875. The van der Waals surface area contributed by atoms with Crippen molar-refractivity contribution < 1.29 is 40.8 Å². The predicted octanol–water partition coefficient (Wildman–Crippen LogP) is -4.70. The third kappa shape index (κ3) is 3.05. The maximum absolute atomic E-state index is 11.4. The van der Waals surface area contributed by atoms with Gasteiger partial charge in [-0.15, -0.1) is 10.6 Å². The predicted molar refractivity (Wildman–Crippen MR) is 53.8 cm³/mol. The number of aliphatic hydroxyl groups is 4. The molecule has 0 spiro atoms. The summed E-state index contributed by atoms with van der Waals surface area (Å²) in [5.41, 5.74) is 0.491. The van der Waals surface area contributed by atoms with Crippen LogP contribution >= 0.6 is 0 Å². The van der Waals surface area contributed by atoms with E-state index in [9.17, 15) is 20.1 Å². The smallest absolute Gasteiger partial charge is 0.364 e. The van der Waals surface area contributed by atoms with E-state index in [-0.39, 0.29) is 0 Å². The standard InChI is InChI=1S/C8H17N3O7/c1-11(10-17)8(16)9-4-6(14)5(13)3(2-12)18-7(4)15/h3-7,10,12-15,17H,2H2,1H3,(H,9,16)/p+1/t3-,4-,5-,6-,7-/m1/s1. The third-order valence-electron chi connectivity index (χ3n) is 2.68. The zero-order valence-electron chi connectivity index (χ0n) is 9.67. The van der Waals surface area contributed by atoms with Crippen LogP contribution in [0.15, 0.2) is 0 Å². The number of carbonyl (C=O) groups excluding carboxylic acids is 1. The van der Waals surface area contributed by atoms with Crippen LogP contribution in [0, 0.1) is 0 Å². The number of amides is 2. The average molecular weight is 268 g/mol. The van der Waals surface area contributed by atoms with Crippen LogP contribution in [0.3, 0.4) is 0 Å². The molecule has 0 radical (unpaired) electrons. The minimum atomic E-state index is -1.59. The van der Waals surface area contributed by atoms with Gasteiger partial charge in [-0.2, -0.15) is 5.21 Å². The molecule has 1 aliphatic rings. The van der Waals surface area contributed by atoms with Crippen molar-refractivity contribution >= 4 is 6.03 Å². The fourth-order valence-corrected chi connectivity index (χ4v) is 1.55. The number of aliphatic hydroxyl groups excluding tert-OH is 4. The van der Waals surface area contributed by atoms with Crippen molar-refractivity contribution in [2.75, 3.05) is 13.7 Å². The molecule has 5 atom stereocenters. The summed E-state index contributed by atoms with van der Waals surface area (Å²) in [6.07, 6.45) is -5.68. The molecule has 0 aromatic heterocycles. The van der Waals surface area contributed by atoms with E-state index >= 15 is 0 Å². The normalized spacial score (nSPS) is 36.2. The van der Waals surface area contributed by atoms with Crippen molar-refractivity contribution in [1.29, 1.82) is 0 Å². The quantitative estimate of drug-likeness (QED) is 0.154. The molecule has 106 valence electrons. The third-order valence-corrected chi connectivity index (χ3v) is 2.68. The van der Waals surface area contributed by atoms with Crippen LogP contribution in [0.2, 0.25) is 0 Å². The van der Waals surface area contributed by atoms with Gasteiger partial charge in [0.1, 0.15) is 24.4 Å². The molecule has 0 saturated carbocycles. The second kappa shape index (κ2) is 6.24. The number of hydrogen-bond donors (Lipinski definition) is 7. The number of nitrogens with zero attached hydrogens (tertiary/aromatic N) is 1. The van der Waals surface area contributed by atoms with E-state index in [1.54, 1.807) is 0 Å². The summed E-state index contributed by atoms with van der Waals surface area (Å²) in [6, 6.07) is -2.09. The summed E-state index contributed by atoms with van der Waals surface area (Å²) in [7, 11) is 1.24. The molecule has 10 nitrogen and oxygen atoms in total. The van der Waals surface area contributed by atoms with E-state index in [2.05, 4.69) is 5.32 Å². The minimum Gasteiger partial charge on any atom is -0.394 e. The second-order valence-corrected chi connectivity index (χ2v) is 3.93. The van der Waals surface area contributed by atoms with Crippen LogP contribution in [-0.4, -0.2) is 81.0 Å². The van der Waals surface area contributed by atoms with Crippen LogP contribution in [-0.2, 0) is 4.74 Å². The van der Waals surface area contributed by atoms with Gasteiger partial charge >= 0.3 is 6.03 Å². The Morgan fingerprint density at radius 3 is 2.50 bits per heavy atom. The van der Waals surface area contributed by atoms with Crippen molar-refractivity contribution in [1.82, 2.24) is 10.3 Å². The lowest BCUT2D eigenvalue weighted by Gasteiger charge is -2.40. The van der Waals surface area contributed by atoms with Gasteiger partial charge in [-0.25, -0.2) is 4.79 Å². The molecular formula is C8H18N3O7+. The number of nitrogens with one attached hydrogen (secondary N) is 1. The van der Waals surface area contributed by atoms with Gasteiger partial charge in [0.15, 0.2) is 6.29 Å². The van der Waals surface area contributed by atoms with Gasteiger partial charge in [-0.3, -0.25) is 0 Å². The molecular weight excluding hydrogens is 250 g/mol. The molecule has 1 saturated heterocycles. The molecule has 2 amide bonds. The number of carbonyl (C=O) groups is 1. The molecule has 0 aromatic rings. The first-order valence-corrected chi connectivity index (χ1v) is 5.23. The van der Waals surface area contributed by atoms with Gasteiger partial charge < -0.3 is 30.5 Å². The van der Waals surface area contributed by atoms with Crippen LogP contribution < -0.4 is 10.9 Å². The van der Waals surface area contributed by atoms with E-state index in [1.165, 1.54) is 7.05 Å². The monoisotopic (exact) mass is 268 g/mol. The first kappa shape index (κ1) is 15.0. The number of ether oxygens (including phenoxy) is 1. The van der Waals surface area contributed by atoms with Crippen molar-refractivity contribution in [3.8, 4) is 0 Å². The van der Waals surface area contributed by atoms with Gasteiger partial charge in [0, 0.05) is 0 Å². The van der Waals surface area contributed by atoms with Crippen molar-refractivity contribution in [2.45, 2.75) is 30.6 Å². The Kier molecular flexibility index (Phi) is 5.22. The van der Waals surface area contributed by atoms with Crippen LogP contribution in [0.1, 0.15) is 0 Å². The maximum Gasteiger partial charge on any atom is 0.364 e. The Morgan fingerprint density at radius 2 is 2.00 bits per heavy atom. The molecule has 18 heavy (non-hydrogen) atoms. The molecule has 1 aliphatic heterocycles. The number of hydrogen-bond acceptors (Lipinski definition) is 7. The van der Waals surface area contributed by atoms with E-state index < -0.39 is 43.3 Å². The molecule has 1 fully saturated rings. The lowest BCUT2D eigenvalue weighted by atomic mass is 9.97. The van der Waals surface area contributed by atoms with Gasteiger partial charge in [0.2, 0.25) is 0 Å². The van der Waals surface area contributed by atoms with Gasteiger partial charge in [-0.1, -0.05) is 0 Å². The first-order valence-electron chi connectivity index (χ1n) is 5.23. The average Bonchev–Trinajstić information content (AvgIpc) is 2.37. The molecule has 0 bridgehead atoms. The van der Waals surface area contributed by atoms with Gasteiger partial charge in [0.05, 0.1) is 13.7 Å². The molecule has 10 heteroatoms. The van der Waals surface area contributed by atoms with E-state index in [0.717, 1.165) is 5.01 Å². The van der Waals surface area contributed by atoms with E-state index in [0.29, 0.717) is 5.59 Å². The number of nitrogens with two attached hydrogens (primary N) is 1. The zero-order valence-corrected chi connectivity index (χ0v) is 9.67. The highest BCUT2D eigenvalue weighted by Gasteiger charge is 2.44. The summed E-state index contributed by atoms with van der Waals surface area (Å²) >= 11 is 0. The summed E-state index contributed by atoms with van der Waals surface area (Å²) in [6.45, 7) is -0.583. The summed E-state index contributed by atoms with van der Waals surface area (Å²) in [5, 5.41) is 49.2. The molecule has 0 aliphatic carbocycles. The van der Waals surface area contributed by atoms with Gasteiger partial charge in [0.25, 0.3) is 0 Å². The van der Waals surface area contributed by atoms with Crippen LogP contribution in [0.5, 0.6) is 0 Å². The topological polar surface area (TPSA) is 159 Å². The second-order valence-electron chi connectivity index (χ2n) is 3.93. The summed E-state index contributed by atoms with van der Waals surface area (Å²) in [5.74, 6) is 0. The Bertz CT molecular complexity index is 292. The SMILES string of the molecule is CN([NH2+]O)C(=O)N[C@@H]1[C@@H](O)[C@H](O)[C@@H](CO)O[C@H]1O. The maximum atomic E-state index is 11.4. The fourth-order valence-electron chi connectivity index (χ4n) is 1.55. The molecule has 0 aromatic carbocycles. The Morgan fingerprint density at radius 1 is 1.39 bits per heavy atom. The van der Waals surface area contributed by atoms with Crippen LogP contribution in [0.4, 0.5) is 4.79 Å². The molecule has 8 N–H and O–H groups in total. The van der Waals surface area contributed by atoms with Crippen molar-refractivity contribution in [3.05, 3.63) is 0 Å². The highest BCUT2D eigenvalue weighted by Crippen LogP contribution is 2.19. The van der Waals surface area contributed by atoms with Crippen molar-refractivity contribution in [3.63, 3.8) is 0 Å². The highest BCUT2D eigenvalue weighted by atomic mass is 16.6. The lowest BCUT2D eigenvalue weighted by molar-refractivity contribution is -0.978. The number of quaternary nitrogens is 1. The molecule has 1 heterocycles. The summed E-state index contributed by atoms with van der Waals surface area (Å²) in [4.78, 5) is 11.4. The van der Waals surface area contributed by atoms with E-state index in [4.69, 9.17) is 15.1 Å². The van der Waals surface area contributed by atoms with E-state index in [1.807, 2.05) is 0 Å². The highest BCUT2D eigenvalue weighted by molar-refractivity contribution is 5.72. The molecule has 1 rings (SSSR count). The number of rotatable bonds is 3. The minimum absolute atomic E-state index is 0.491. The van der Waals surface area contributed by atoms with Crippen LogP contribution in [0.25, 0.3) is 0 Å². The Labute approximate surface area is 102 Å². The lowest BCUT2D eigenvalue weighted by Crippen LogP contribution is -2.92. The largest absolute Gasteiger partial charge is 0.394 e. The Hall–Kier alpha value is -1.01. The first-order chi connectivity index (χ1) is 8.42. The number of urea groups is 1. The molecule has 0 unspecified atom stereocenters. The van der Waals surface area contributed by atoms with Crippen molar-refractivity contribution in [2.24, 2.45) is 0 Å². The van der Waals surface area contributed by atoms with Gasteiger partial charge in [-0.05, 0) is 0 Å².